The van der Waals surface area contributed by atoms with Crippen LogP contribution in [0.3, 0.4) is 0 Å². The van der Waals surface area contributed by atoms with Crippen molar-refractivity contribution < 1.29 is 9.53 Å². The van der Waals surface area contributed by atoms with Crippen LogP contribution in [0, 0.1) is 6.92 Å². The van der Waals surface area contributed by atoms with Gasteiger partial charge in [0.15, 0.2) is 6.61 Å². The number of amides is 1. The highest BCUT2D eigenvalue weighted by Gasteiger charge is 2.04. The molecule has 0 saturated heterocycles. The van der Waals surface area contributed by atoms with Crippen LogP contribution < -0.4 is 15.4 Å². The van der Waals surface area contributed by atoms with Gasteiger partial charge in [0.05, 0.1) is 0 Å². The minimum Gasteiger partial charge on any atom is -0.484 e. The first-order chi connectivity index (χ1) is 13.2. The molecule has 0 aliphatic carbocycles. The zero-order valence-corrected chi connectivity index (χ0v) is 15.3. The van der Waals surface area contributed by atoms with Crippen molar-refractivity contribution in [2.24, 2.45) is 0 Å². The maximum Gasteiger partial charge on any atom is 0.262 e. The maximum absolute atomic E-state index is 12.0. The van der Waals surface area contributed by atoms with Crippen LogP contribution in [-0.4, -0.2) is 17.5 Å². The minimum atomic E-state index is -0.180. The lowest BCUT2D eigenvalue weighted by Gasteiger charge is -2.10. The lowest BCUT2D eigenvalue weighted by Crippen LogP contribution is -2.20. The first kappa shape index (κ1) is 18.6. The van der Waals surface area contributed by atoms with Crippen molar-refractivity contribution in [2.45, 2.75) is 20.0 Å². The molecular formula is C22H23N3O2. The van der Waals surface area contributed by atoms with Crippen LogP contribution in [0.15, 0.2) is 73.1 Å². The Morgan fingerprint density at radius 1 is 0.963 bits per heavy atom. The van der Waals surface area contributed by atoms with Gasteiger partial charge in [0.2, 0.25) is 0 Å². The van der Waals surface area contributed by atoms with Crippen molar-refractivity contribution >= 4 is 11.6 Å². The second kappa shape index (κ2) is 9.50. The molecule has 2 aromatic carbocycles. The number of hydrogen-bond donors (Lipinski definition) is 2. The van der Waals surface area contributed by atoms with Gasteiger partial charge in [0.25, 0.3) is 5.91 Å². The van der Waals surface area contributed by atoms with Gasteiger partial charge in [-0.2, -0.15) is 0 Å². The van der Waals surface area contributed by atoms with Crippen molar-refractivity contribution in [1.82, 2.24) is 10.3 Å². The predicted molar refractivity (Wildman–Crippen MR) is 107 cm³/mol. The minimum absolute atomic E-state index is 0.0260. The van der Waals surface area contributed by atoms with Crippen LogP contribution in [0.4, 0.5) is 5.69 Å². The first-order valence-corrected chi connectivity index (χ1v) is 8.87. The zero-order chi connectivity index (χ0) is 18.9. The molecule has 1 amide bonds. The van der Waals surface area contributed by atoms with E-state index in [-0.39, 0.29) is 12.5 Å². The number of ether oxygens (including phenoxy) is 1. The Bertz CT molecular complexity index is 864. The van der Waals surface area contributed by atoms with Gasteiger partial charge in [-0.25, -0.2) is 0 Å². The molecule has 138 valence electrons. The van der Waals surface area contributed by atoms with Crippen molar-refractivity contribution in [2.75, 3.05) is 11.9 Å². The second-order valence-corrected chi connectivity index (χ2v) is 6.31. The van der Waals surface area contributed by atoms with E-state index in [9.17, 15) is 4.79 Å². The summed E-state index contributed by atoms with van der Waals surface area (Å²) in [6.07, 6.45) is 3.57. The quantitative estimate of drug-likeness (QED) is 0.642. The second-order valence-electron chi connectivity index (χ2n) is 6.31. The Morgan fingerprint density at radius 2 is 1.70 bits per heavy atom. The average Bonchev–Trinajstić information content (AvgIpc) is 2.69. The normalized spacial score (nSPS) is 10.4. The van der Waals surface area contributed by atoms with Gasteiger partial charge in [-0.15, -0.1) is 0 Å². The number of carbonyl (C=O) groups is 1. The fourth-order valence-corrected chi connectivity index (χ4v) is 2.58. The summed E-state index contributed by atoms with van der Waals surface area (Å²) >= 11 is 0. The SMILES string of the molecule is Cc1ccc(NC(=O)COc2cccc(CNCc3ccncc3)c2)cc1. The lowest BCUT2D eigenvalue weighted by atomic mass is 10.2. The van der Waals surface area contributed by atoms with Crippen molar-refractivity contribution in [3.8, 4) is 5.75 Å². The summed E-state index contributed by atoms with van der Waals surface area (Å²) in [6.45, 7) is 3.47. The molecule has 1 aromatic heterocycles. The Labute approximate surface area is 159 Å². The summed E-state index contributed by atoms with van der Waals surface area (Å²) in [7, 11) is 0. The molecule has 0 fully saturated rings. The molecule has 3 rings (SSSR count). The van der Waals surface area contributed by atoms with Gasteiger partial charge in [-0.05, 0) is 54.4 Å². The molecule has 5 heteroatoms. The summed E-state index contributed by atoms with van der Waals surface area (Å²) in [6, 6.07) is 19.4. The average molecular weight is 361 g/mol. The molecule has 0 saturated carbocycles. The Morgan fingerprint density at radius 3 is 2.48 bits per heavy atom. The van der Waals surface area contributed by atoms with Crippen LogP contribution in [-0.2, 0) is 17.9 Å². The Kier molecular flexibility index (Phi) is 6.55. The molecule has 3 aromatic rings. The van der Waals surface area contributed by atoms with Crippen LogP contribution in [0.2, 0.25) is 0 Å². The molecule has 0 radical (unpaired) electrons. The van der Waals surface area contributed by atoms with E-state index in [0.29, 0.717) is 5.75 Å². The highest BCUT2D eigenvalue weighted by molar-refractivity contribution is 5.91. The van der Waals surface area contributed by atoms with E-state index in [0.717, 1.165) is 29.9 Å². The van der Waals surface area contributed by atoms with E-state index in [1.807, 2.05) is 67.6 Å². The van der Waals surface area contributed by atoms with Crippen LogP contribution in [0.5, 0.6) is 5.75 Å². The van der Waals surface area contributed by atoms with E-state index in [2.05, 4.69) is 15.6 Å². The van der Waals surface area contributed by atoms with E-state index < -0.39 is 0 Å². The van der Waals surface area contributed by atoms with E-state index in [4.69, 9.17) is 4.74 Å². The number of pyridine rings is 1. The van der Waals surface area contributed by atoms with E-state index in [1.54, 1.807) is 12.4 Å². The number of benzene rings is 2. The van der Waals surface area contributed by atoms with Crippen molar-refractivity contribution in [1.29, 1.82) is 0 Å². The number of anilines is 1. The summed E-state index contributed by atoms with van der Waals surface area (Å²) in [4.78, 5) is 16.0. The van der Waals surface area contributed by atoms with Crippen LogP contribution in [0.25, 0.3) is 0 Å². The van der Waals surface area contributed by atoms with E-state index >= 15 is 0 Å². The standard InChI is InChI=1S/C22H23N3O2/c1-17-5-7-20(8-6-17)25-22(26)16-27-21-4-2-3-19(13-21)15-24-14-18-9-11-23-12-10-18/h2-13,24H,14-16H2,1H3,(H,25,26). The number of hydrogen-bond acceptors (Lipinski definition) is 4. The lowest BCUT2D eigenvalue weighted by molar-refractivity contribution is -0.118. The Hall–Kier alpha value is -3.18. The first-order valence-electron chi connectivity index (χ1n) is 8.87. The molecular weight excluding hydrogens is 338 g/mol. The number of nitrogens with zero attached hydrogens (tertiary/aromatic N) is 1. The van der Waals surface area contributed by atoms with Gasteiger partial charge >= 0.3 is 0 Å². The molecule has 0 aliphatic heterocycles. The molecule has 27 heavy (non-hydrogen) atoms. The fourth-order valence-electron chi connectivity index (χ4n) is 2.58. The molecule has 2 N–H and O–H groups in total. The largest absolute Gasteiger partial charge is 0.484 e. The van der Waals surface area contributed by atoms with E-state index in [1.165, 1.54) is 5.56 Å². The Balaban J connectivity index is 1.45. The highest BCUT2D eigenvalue weighted by atomic mass is 16.5. The molecule has 0 atom stereocenters. The third-order valence-electron chi connectivity index (χ3n) is 4.01. The fraction of sp³-hybridized carbons (Fsp3) is 0.182. The summed E-state index contributed by atoms with van der Waals surface area (Å²) in [5.74, 6) is 0.498. The van der Waals surface area contributed by atoms with Gasteiger partial charge in [-0.1, -0.05) is 29.8 Å². The summed E-state index contributed by atoms with van der Waals surface area (Å²) < 4.78 is 5.62. The summed E-state index contributed by atoms with van der Waals surface area (Å²) in [5, 5.41) is 6.21. The summed E-state index contributed by atoms with van der Waals surface area (Å²) in [5.41, 5.74) is 4.20. The monoisotopic (exact) mass is 361 g/mol. The number of aromatic nitrogens is 1. The molecule has 0 spiro atoms. The number of aryl methyl sites for hydroxylation is 1. The smallest absolute Gasteiger partial charge is 0.262 e. The molecule has 0 bridgehead atoms. The van der Waals surface area contributed by atoms with Gasteiger partial charge in [0.1, 0.15) is 5.75 Å². The highest BCUT2D eigenvalue weighted by Crippen LogP contribution is 2.14. The molecule has 0 unspecified atom stereocenters. The van der Waals surface area contributed by atoms with Gasteiger partial charge < -0.3 is 15.4 Å². The molecule has 1 heterocycles. The maximum atomic E-state index is 12.0. The molecule has 0 aliphatic rings. The third-order valence-corrected chi connectivity index (χ3v) is 4.01. The van der Waals surface area contributed by atoms with Crippen LogP contribution in [0.1, 0.15) is 16.7 Å². The predicted octanol–water partition coefficient (Wildman–Crippen LogP) is 3.70. The topological polar surface area (TPSA) is 63.2 Å². The zero-order valence-electron chi connectivity index (χ0n) is 15.3. The number of nitrogens with one attached hydrogen (secondary N) is 2. The van der Waals surface area contributed by atoms with Crippen molar-refractivity contribution in [3.05, 3.63) is 89.7 Å². The molecule has 5 nitrogen and oxygen atoms in total. The third kappa shape index (κ3) is 6.24. The number of carbonyl (C=O) groups excluding carboxylic acids is 1. The van der Waals surface area contributed by atoms with Crippen molar-refractivity contribution in [3.63, 3.8) is 0 Å². The van der Waals surface area contributed by atoms with Gasteiger partial charge in [0, 0.05) is 31.2 Å². The number of rotatable bonds is 8. The van der Waals surface area contributed by atoms with Gasteiger partial charge in [-0.3, -0.25) is 9.78 Å². The van der Waals surface area contributed by atoms with Crippen LogP contribution >= 0.6 is 0 Å².